The van der Waals surface area contributed by atoms with Gasteiger partial charge in [0.2, 0.25) is 0 Å². The predicted molar refractivity (Wildman–Crippen MR) is 68.1 cm³/mol. The molecule has 1 aliphatic carbocycles. The zero-order valence-corrected chi connectivity index (χ0v) is 10.9. The van der Waals surface area contributed by atoms with Crippen LogP contribution in [0.25, 0.3) is 0 Å². The second-order valence-corrected chi connectivity index (χ2v) is 5.47. The lowest BCUT2D eigenvalue weighted by Crippen LogP contribution is -2.29. The van der Waals surface area contributed by atoms with E-state index in [2.05, 4.69) is 26.1 Å². The van der Waals surface area contributed by atoms with Gasteiger partial charge in [-0.2, -0.15) is 0 Å². The Bertz CT molecular complexity index is 147. The zero-order chi connectivity index (χ0) is 11.1. The molecule has 0 bridgehead atoms. The van der Waals surface area contributed by atoms with Gasteiger partial charge in [-0.15, -0.1) is 0 Å². The predicted octanol–water partition coefficient (Wildman–Crippen LogP) is 3.84. The molecule has 0 aromatic rings. The molecule has 90 valence electrons. The lowest BCUT2D eigenvalue weighted by molar-refractivity contribution is 0.260. The van der Waals surface area contributed by atoms with Gasteiger partial charge in [0.05, 0.1) is 0 Å². The molecule has 0 aromatic carbocycles. The van der Waals surface area contributed by atoms with Gasteiger partial charge in [0.1, 0.15) is 0 Å². The third-order valence-corrected chi connectivity index (χ3v) is 4.17. The van der Waals surface area contributed by atoms with Crippen molar-refractivity contribution in [1.82, 2.24) is 5.32 Å². The molecule has 0 saturated heterocycles. The van der Waals surface area contributed by atoms with Gasteiger partial charge in [-0.3, -0.25) is 0 Å². The smallest absolute Gasteiger partial charge is 0.00204 e. The fourth-order valence-corrected chi connectivity index (χ4v) is 2.52. The fourth-order valence-electron chi connectivity index (χ4n) is 2.52. The Morgan fingerprint density at radius 3 is 2.20 bits per heavy atom. The molecule has 1 rings (SSSR count). The van der Waals surface area contributed by atoms with E-state index in [-0.39, 0.29) is 0 Å². The van der Waals surface area contributed by atoms with Gasteiger partial charge in [-0.05, 0) is 43.7 Å². The molecule has 0 amide bonds. The highest BCUT2D eigenvalue weighted by molar-refractivity contribution is 4.73. The SMILES string of the molecule is CCC(C)CNCC1CCC(CC)CC1. The molecule has 1 aliphatic rings. The summed E-state index contributed by atoms with van der Waals surface area (Å²) in [6.07, 6.45) is 8.58. The van der Waals surface area contributed by atoms with Crippen molar-refractivity contribution >= 4 is 0 Å². The molecule has 0 radical (unpaired) electrons. The zero-order valence-electron chi connectivity index (χ0n) is 10.9. The van der Waals surface area contributed by atoms with Gasteiger partial charge in [0, 0.05) is 0 Å². The Kier molecular flexibility index (Phi) is 6.31. The summed E-state index contributed by atoms with van der Waals surface area (Å²) in [6.45, 7) is 9.43. The van der Waals surface area contributed by atoms with Crippen LogP contribution < -0.4 is 5.32 Å². The van der Waals surface area contributed by atoms with E-state index in [1.165, 1.54) is 51.6 Å². The standard InChI is InChI=1S/C14H29N/c1-4-12(3)10-15-11-14-8-6-13(5-2)7-9-14/h12-15H,4-11H2,1-3H3. The van der Waals surface area contributed by atoms with E-state index < -0.39 is 0 Å². The van der Waals surface area contributed by atoms with Gasteiger partial charge >= 0.3 is 0 Å². The van der Waals surface area contributed by atoms with Crippen molar-refractivity contribution in [2.24, 2.45) is 17.8 Å². The summed E-state index contributed by atoms with van der Waals surface area (Å²) in [6, 6.07) is 0. The largest absolute Gasteiger partial charge is 0.316 e. The molecular formula is C14H29N. The molecule has 1 saturated carbocycles. The molecule has 0 aliphatic heterocycles. The van der Waals surface area contributed by atoms with Crippen molar-refractivity contribution in [2.45, 2.75) is 59.3 Å². The average Bonchev–Trinajstić information content (AvgIpc) is 2.29. The van der Waals surface area contributed by atoms with Gasteiger partial charge in [0.25, 0.3) is 0 Å². The monoisotopic (exact) mass is 211 g/mol. The lowest BCUT2D eigenvalue weighted by atomic mass is 9.81. The topological polar surface area (TPSA) is 12.0 Å². The number of hydrogen-bond acceptors (Lipinski definition) is 1. The van der Waals surface area contributed by atoms with E-state index in [0.29, 0.717) is 0 Å². The van der Waals surface area contributed by atoms with Crippen LogP contribution in [0.2, 0.25) is 0 Å². The van der Waals surface area contributed by atoms with Gasteiger partial charge in [-0.1, -0.05) is 46.5 Å². The van der Waals surface area contributed by atoms with Crippen LogP contribution in [0.1, 0.15) is 59.3 Å². The van der Waals surface area contributed by atoms with Gasteiger partial charge in [0.15, 0.2) is 0 Å². The Labute approximate surface area is 96.0 Å². The van der Waals surface area contributed by atoms with Gasteiger partial charge in [-0.25, -0.2) is 0 Å². The lowest BCUT2D eigenvalue weighted by Gasteiger charge is -2.28. The first kappa shape index (κ1) is 13.0. The third kappa shape index (κ3) is 5.01. The highest BCUT2D eigenvalue weighted by atomic mass is 14.9. The van der Waals surface area contributed by atoms with E-state index in [1.807, 2.05) is 0 Å². The number of hydrogen-bond donors (Lipinski definition) is 1. The summed E-state index contributed by atoms with van der Waals surface area (Å²) < 4.78 is 0. The first-order chi connectivity index (χ1) is 7.26. The second kappa shape index (κ2) is 7.27. The summed E-state index contributed by atoms with van der Waals surface area (Å²) in [4.78, 5) is 0. The van der Waals surface area contributed by atoms with Crippen molar-refractivity contribution < 1.29 is 0 Å². The maximum absolute atomic E-state index is 3.64. The van der Waals surface area contributed by atoms with Crippen LogP contribution in [0.5, 0.6) is 0 Å². The van der Waals surface area contributed by atoms with Crippen molar-refractivity contribution in [3.05, 3.63) is 0 Å². The highest BCUT2D eigenvalue weighted by Gasteiger charge is 2.19. The van der Waals surface area contributed by atoms with E-state index in [1.54, 1.807) is 0 Å². The Hall–Kier alpha value is -0.0400. The van der Waals surface area contributed by atoms with E-state index in [0.717, 1.165) is 17.8 Å². The molecule has 0 spiro atoms. The molecule has 1 nitrogen and oxygen atoms in total. The minimum Gasteiger partial charge on any atom is -0.316 e. The van der Waals surface area contributed by atoms with Crippen LogP contribution in [0.15, 0.2) is 0 Å². The summed E-state index contributed by atoms with van der Waals surface area (Å²) in [5, 5.41) is 3.64. The minimum atomic E-state index is 0.844. The number of rotatable bonds is 6. The second-order valence-electron chi connectivity index (χ2n) is 5.47. The van der Waals surface area contributed by atoms with Crippen LogP contribution in [0.3, 0.4) is 0 Å². The van der Waals surface area contributed by atoms with Crippen LogP contribution in [0.4, 0.5) is 0 Å². The Balaban J connectivity index is 2.03. The van der Waals surface area contributed by atoms with E-state index >= 15 is 0 Å². The van der Waals surface area contributed by atoms with Crippen molar-refractivity contribution in [2.75, 3.05) is 13.1 Å². The summed E-state index contributed by atoms with van der Waals surface area (Å²) >= 11 is 0. The quantitative estimate of drug-likeness (QED) is 0.704. The minimum absolute atomic E-state index is 0.844. The van der Waals surface area contributed by atoms with E-state index in [9.17, 15) is 0 Å². The van der Waals surface area contributed by atoms with Crippen LogP contribution in [0, 0.1) is 17.8 Å². The molecule has 1 unspecified atom stereocenters. The highest BCUT2D eigenvalue weighted by Crippen LogP contribution is 2.30. The normalized spacial score (nSPS) is 29.0. The molecular weight excluding hydrogens is 182 g/mol. The average molecular weight is 211 g/mol. The first-order valence-corrected chi connectivity index (χ1v) is 6.96. The Morgan fingerprint density at radius 1 is 1.07 bits per heavy atom. The maximum Gasteiger partial charge on any atom is -0.00204 e. The number of nitrogens with one attached hydrogen (secondary N) is 1. The molecule has 1 heteroatoms. The van der Waals surface area contributed by atoms with Crippen molar-refractivity contribution in [3.8, 4) is 0 Å². The molecule has 0 aromatic heterocycles. The van der Waals surface area contributed by atoms with Crippen LogP contribution in [-0.4, -0.2) is 13.1 Å². The van der Waals surface area contributed by atoms with Crippen LogP contribution in [-0.2, 0) is 0 Å². The molecule has 15 heavy (non-hydrogen) atoms. The molecule has 1 N–H and O–H groups in total. The maximum atomic E-state index is 3.64. The fraction of sp³-hybridized carbons (Fsp3) is 1.00. The summed E-state index contributed by atoms with van der Waals surface area (Å²) in [5.41, 5.74) is 0. The molecule has 1 atom stereocenters. The van der Waals surface area contributed by atoms with Crippen molar-refractivity contribution in [3.63, 3.8) is 0 Å². The van der Waals surface area contributed by atoms with Gasteiger partial charge < -0.3 is 5.32 Å². The van der Waals surface area contributed by atoms with E-state index in [4.69, 9.17) is 0 Å². The molecule has 1 fully saturated rings. The molecule has 0 heterocycles. The van der Waals surface area contributed by atoms with Crippen LogP contribution >= 0.6 is 0 Å². The summed E-state index contributed by atoms with van der Waals surface area (Å²) in [5.74, 6) is 2.85. The van der Waals surface area contributed by atoms with Crippen molar-refractivity contribution in [1.29, 1.82) is 0 Å². The summed E-state index contributed by atoms with van der Waals surface area (Å²) in [7, 11) is 0. The third-order valence-electron chi connectivity index (χ3n) is 4.17. The Morgan fingerprint density at radius 2 is 1.67 bits per heavy atom. The first-order valence-electron chi connectivity index (χ1n) is 6.96.